The predicted molar refractivity (Wildman–Crippen MR) is 217 cm³/mol. The van der Waals surface area contributed by atoms with E-state index in [0.29, 0.717) is 30.3 Å². The maximum Gasteiger partial charge on any atom is 0.407 e. The Bertz CT molecular complexity index is 1870. The number of piperidine rings is 2. The van der Waals surface area contributed by atoms with E-state index in [0.717, 1.165) is 68.8 Å². The molecule has 2 saturated heterocycles. The molecule has 0 radical (unpaired) electrons. The molecular weight excluding hydrogens is 705 g/mol. The average molecular weight is 765 g/mol. The fraction of sp³-hybridized carbons (Fsp3) is 0.614. The standard InChI is InChI=1S/C44H60N8O4/c1-27(45)41(53)51-24-8-4-11-37(51)40-47-26-35(50-40)32-17-16-31(38-33(32)18-22-44(38)20-6-7-21-44)29-12-14-30(15-13-29)34-19-23-46-39(49-34)36-10-5-9-25-52(36)42(54)28(2)48-43(55)56-3/h12-17,26-28,33-34,36-38H,4-11,18-25,45H2,1-3H3,(H,46,49)(H,47,50)(H,48,55). The second-order valence-electron chi connectivity index (χ2n) is 17.2. The van der Waals surface area contributed by atoms with E-state index in [1.54, 1.807) is 13.8 Å². The number of aromatic amines is 1. The number of allylic oxidation sites excluding steroid dienone is 4. The second kappa shape index (κ2) is 16.2. The SMILES string of the molecule is COC(=O)NC(C)C(=O)N1CCCCC1C1=NCCC(c2ccc(C3=CC=C(c4cnc(C5CCCCN5C(=O)C(C)N)[nH]4)C4CCC5(CCCC5)C34)cc2)N1. The Balaban J connectivity index is 1.02. The molecule has 4 fully saturated rings. The van der Waals surface area contributed by atoms with Gasteiger partial charge in [0, 0.05) is 19.6 Å². The van der Waals surface area contributed by atoms with Gasteiger partial charge in [-0.25, -0.2) is 9.78 Å². The summed E-state index contributed by atoms with van der Waals surface area (Å²) in [7, 11) is 1.30. The number of amidine groups is 1. The summed E-state index contributed by atoms with van der Waals surface area (Å²) < 4.78 is 4.73. The summed E-state index contributed by atoms with van der Waals surface area (Å²) in [6.07, 6.45) is 20.4. The topological polar surface area (TPSA) is 158 Å². The Morgan fingerprint density at radius 3 is 2.29 bits per heavy atom. The van der Waals surface area contributed by atoms with Gasteiger partial charge in [-0.2, -0.15) is 0 Å². The molecule has 5 N–H and O–H groups in total. The highest BCUT2D eigenvalue weighted by Crippen LogP contribution is 2.64. The number of imidazole rings is 1. The van der Waals surface area contributed by atoms with Gasteiger partial charge in [-0.3, -0.25) is 14.6 Å². The Morgan fingerprint density at radius 1 is 0.875 bits per heavy atom. The van der Waals surface area contributed by atoms with Gasteiger partial charge >= 0.3 is 6.09 Å². The van der Waals surface area contributed by atoms with Crippen molar-refractivity contribution in [2.24, 2.45) is 28.0 Å². The molecule has 2 aromatic rings. The Labute approximate surface area is 331 Å². The number of alkyl carbamates (subject to hydrolysis) is 1. The van der Waals surface area contributed by atoms with Gasteiger partial charge in [-0.15, -0.1) is 0 Å². The fourth-order valence-corrected chi connectivity index (χ4v) is 11.1. The summed E-state index contributed by atoms with van der Waals surface area (Å²) in [6.45, 7) is 5.55. The molecule has 1 spiro atoms. The monoisotopic (exact) mass is 764 g/mol. The van der Waals surface area contributed by atoms with Gasteiger partial charge in [-0.1, -0.05) is 49.3 Å². The molecule has 4 heterocycles. The van der Waals surface area contributed by atoms with Crippen molar-refractivity contribution >= 4 is 34.9 Å². The molecule has 300 valence electrons. The van der Waals surface area contributed by atoms with E-state index in [4.69, 9.17) is 20.4 Å². The van der Waals surface area contributed by atoms with Gasteiger partial charge in [0.1, 0.15) is 17.7 Å². The van der Waals surface area contributed by atoms with Crippen LogP contribution in [0.1, 0.15) is 132 Å². The number of H-pyrrole nitrogens is 1. The van der Waals surface area contributed by atoms with E-state index in [1.165, 1.54) is 67.9 Å². The normalized spacial score (nSPS) is 28.4. The lowest BCUT2D eigenvalue weighted by molar-refractivity contribution is -0.136. The number of nitrogens with zero attached hydrogens (tertiary/aromatic N) is 4. The highest BCUT2D eigenvalue weighted by atomic mass is 16.5. The molecule has 3 aliphatic carbocycles. The number of nitrogens with two attached hydrogens (primary N) is 1. The van der Waals surface area contributed by atoms with Crippen LogP contribution in [0.15, 0.2) is 47.6 Å². The van der Waals surface area contributed by atoms with Gasteiger partial charge < -0.3 is 35.9 Å². The Kier molecular flexibility index (Phi) is 11.1. The summed E-state index contributed by atoms with van der Waals surface area (Å²) in [6, 6.07) is 7.92. The molecule has 12 nitrogen and oxygen atoms in total. The zero-order valence-electron chi connectivity index (χ0n) is 33.4. The number of likely N-dealkylation sites (tertiary alicyclic amines) is 2. The van der Waals surface area contributed by atoms with E-state index in [1.807, 2.05) is 16.0 Å². The molecular formula is C44H60N8O4. The van der Waals surface area contributed by atoms with Crippen LogP contribution in [-0.2, 0) is 14.3 Å². The first-order valence-corrected chi connectivity index (χ1v) is 21.3. The molecule has 56 heavy (non-hydrogen) atoms. The molecule has 3 aliphatic heterocycles. The number of aromatic nitrogens is 2. The summed E-state index contributed by atoms with van der Waals surface area (Å²) in [4.78, 5) is 55.7. The highest BCUT2D eigenvalue weighted by molar-refractivity contribution is 5.94. The van der Waals surface area contributed by atoms with Crippen molar-refractivity contribution in [1.29, 1.82) is 0 Å². The molecule has 2 saturated carbocycles. The number of benzene rings is 1. The number of hydrogen-bond donors (Lipinski definition) is 4. The van der Waals surface area contributed by atoms with Gasteiger partial charge in [0.25, 0.3) is 0 Å². The largest absolute Gasteiger partial charge is 0.453 e. The summed E-state index contributed by atoms with van der Waals surface area (Å²) in [5.41, 5.74) is 12.8. The average Bonchev–Trinajstić information content (AvgIpc) is 4.01. The number of rotatable bonds is 8. The minimum absolute atomic E-state index is 0.00105. The lowest BCUT2D eigenvalue weighted by atomic mass is 9.65. The molecule has 7 unspecified atom stereocenters. The number of nitrogens with one attached hydrogen (secondary N) is 3. The van der Waals surface area contributed by atoms with Crippen LogP contribution in [0.3, 0.4) is 0 Å². The number of hydrogen-bond acceptors (Lipinski definition) is 8. The number of aliphatic imine (C=N–C) groups is 1. The molecule has 12 heteroatoms. The highest BCUT2D eigenvalue weighted by Gasteiger charge is 2.53. The smallest absolute Gasteiger partial charge is 0.407 e. The van der Waals surface area contributed by atoms with Gasteiger partial charge in [0.2, 0.25) is 11.8 Å². The van der Waals surface area contributed by atoms with E-state index < -0.39 is 18.2 Å². The Hall–Kier alpha value is -4.45. The van der Waals surface area contributed by atoms with Crippen LogP contribution in [0.2, 0.25) is 0 Å². The zero-order chi connectivity index (χ0) is 39.0. The molecule has 1 aromatic heterocycles. The van der Waals surface area contributed by atoms with Crippen molar-refractivity contribution < 1.29 is 19.1 Å². The van der Waals surface area contributed by atoms with Crippen LogP contribution >= 0.6 is 0 Å². The van der Waals surface area contributed by atoms with Crippen LogP contribution in [0.5, 0.6) is 0 Å². The molecule has 7 atom stereocenters. The Morgan fingerprint density at radius 2 is 1.57 bits per heavy atom. The zero-order valence-corrected chi connectivity index (χ0v) is 33.4. The number of ether oxygens (including phenoxy) is 1. The van der Waals surface area contributed by atoms with E-state index in [2.05, 4.69) is 52.0 Å². The van der Waals surface area contributed by atoms with Crippen LogP contribution < -0.4 is 16.4 Å². The van der Waals surface area contributed by atoms with Crippen LogP contribution in [-0.4, -0.2) is 88.4 Å². The van der Waals surface area contributed by atoms with Crippen molar-refractivity contribution in [2.75, 3.05) is 26.7 Å². The minimum Gasteiger partial charge on any atom is -0.453 e. The maximum absolute atomic E-state index is 13.5. The van der Waals surface area contributed by atoms with E-state index in [9.17, 15) is 14.4 Å². The first-order valence-electron chi connectivity index (χ1n) is 21.3. The van der Waals surface area contributed by atoms with Crippen molar-refractivity contribution in [3.63, 3.8) is 0 Å². The van der Waals surface area contributed by atoms with Crippen LogP contribution in [0, 0.1) is 17.3 Å². The van der Waals surface area contributed by atoms with E-state index in [-0.39, 0.29) is 29.9 Å². The van der Waals surface area contributed by atoms with Crippen molar-refractivity contribution in [1.82, 2.24) is 30.4 Å². The summed E-state index contributed by atoms with van der Waals surface area (Å²) >= 11 is 0. The van der Waals surface area contributed by atoms with Gasteiger partial charge in [-0.05, 0) is 124 Å². The first-order chi connectivity index (χ1) is 27.2. The van der Waals surface area contributed by atoms with E-state index >= 15 is 0 Å². The minimum atomic E-state index is -0.680. The molecule has 0 bridgehead atoms. The van der Waals surface area contributed by atoms with Gasteiger partial charge in [0.05, 0.1) is 43.2 Å². The summed E-state index contributed by atoms with van der Waals surface area (Å²) in [5.74, 6) is 2.50. The predicted octanol–water partition coefficient (Wildman–Crippen LogP) is 6.44. The van der Waals surface area contributed by atoms with Gasteiger partial charge in [0.15, 0.2) is 0 Å². The lowest BCUT2D eigenvalue weighted by Crippen LogP contribution is -2.57. The van der Waals surface area contributed by atoms with Crippen LogP contribution in [0.4, 0.5) is 4.79 Å². The number of amides is 3. The molecule has 8 rings (SSSR count). The maximum atomic E-state index is 13.5. The fourth-order valence-electron chi connectivity index (χ4n) is 11.1. The molecule has 6 aliphatic rings. The number of fused-ring (bicyclic) bond motifs is 2. The number of methoxy groups -OCH3 is 1. The van der Waals surface area contributed by atoms with Crippen molar-refractivity contribution in [3.8, 4) is 0 Å². The van der Waals surface area contributed by atoms with Crippen LogP contribution in [0.25, 0.3) is 11.1 Å². The third-order valence-corrected chi connectivity index (χ3v) is 13.8. The third kappa shape index (κ3) is 7.29. The first kappa shape index (κ1) is 38.4. The third-order valence-electron chi connectivity index (χ3n) is 13.8. The van der Waals surface area contributed by atoms with Crippen molar-refractivity contribution in [2.45, 2.75) is 128 Å². The second-order valence-corrected chi connectivity index (χ2v) is 17.2. The molecule has 1 aromatic carbocycles. The number of carbonyl (C=O) groups is 3. The number of carbonyl (C=O) groups excluding carboxylic acids is 3. The summed E-state index contributed by atoms with van der Waals surface area (Å²) in [5, 5.41) is 6.38. The lowest BCUT2D eigenvalue weighted by Gasteiger charge is -2.40. The van der Waals surface area contributed by atoms with Crippen molar-refractivity contribution in [3.05, 3.63) is 65.3 Å². The molecule has 3 amide bonds. The quantitative estimate of drug-likeness (QED) is 0.241.